The van der Waals surface area contributed by atoms with E-state index in [9.17, 15) is 0 Å². The second kappa shape index (κ2) is 4.49. The molecule has 2 rings (SSSR count). The van der Waals surface area contributed by atoms with Crippen LogP contribution in [-0.2, 0) is 0 Å². The molecule has 0 spiro atoms. The Bertz CT molecular complexity index is 315. The molecule has 1 saturated carbocycles. The van der Waals surface area contributed by atoms with Gasteiger partial charge in [0.2, 0.25) is 0 Å². The Balaban J connectivity index is 2.01. The van der Waals surface area contributed by atoms with Crippen LogP contribution >= 0.6 is 11.3 Å². The van der Waals surface area contributed by atoms with E-state index >= 15 is 0 Å². The van der Waals surface area contributed by atoms with Crippen molar-refractivity contribution in [3.63, 3.8) is 0 Å². The van der Waals surface area contributed by atoms with Gasteiger partial charge in [-0.25, -0.2) is 4.98 Å². The summed E-state index contributed by atoms with van der Waals surface area (Å²) in [6.07, 6.45) is 4.88. The fraction of sp³-hybridized carbons (Fsp3) is 0.727. The van der Waals surface area contributed by atoms with Crippen molar-refractivity contribution in [3.8, 4) is 0 Å². The van der Waals surface area contributed by atoms with E-state index in [0.29, 0.717) is 12.1 Å². The predicted octanol–water partition coefficient (Wildman–Crippen LogP) is 2.44. The van der Waals surface area contributed by atoms with Crippen LogP contribution in [-0.4, -0.2) is 17.1 Å². The molecule has 3 N–H and O–H groups in total. The lowest BCUT2D eigenvalue weighted by Crippen LogP contribution is -2.42. The number of anilines is 1. The summed E-state index contributed by atoms with van der Waals surface area (Å²) < 4.78 is 0. The maximum absolute atomic E-state index is 6.09. The van der Waals surface area contributed by atoms with Crippen molar-refractivity contribution >= 4 is 16.5 Å². The molecule has 0 amide bonds. The van der Waals surface area contributed by atoms with Gasteiger partial charge < -0.3 is 11.1 Å². The van der Waals surface area contributed by atoms with Gasteiger partial charge in [0.1, 0.15) is 0 Å². The van der Waals surface area contributed by atoms with E-state index in [0.717, 1.165) is 17.2 Å². The van der Waals surface area contributed by atoms with Gasteiger partial charge in [0.15, 0.2) is 5.13 Å². The number of nitrogens with one attached hydrogen (secondary N) is 1. The molecule has 1 heterocycles. The van der Waals surface area contributed by atoms with Gasteiger partial charge in [0, 0.05) is 17.0 Å². The Morgan fingerprint density at radius 3 is 2.67 bits per heavy atom. The number of hydrogen-bond donors (Lipinski definition) is 2. The first-order valence-electron chi connectivity index (χ1n) is 5.63. The summed E-state index contributed by atoms with van der Waals surface area (Å²) >= 11 is 1.73. The zero-order valence-corrected chi connectivity index (χ0v) is 10.2. The maximum Gasteiger partial charge on any atom is 0.183 e. The van der Waals surface area contributed by atoms with Crippen LogP contribution in [0.2, 0.25) is 0 Å². The van der Waals surface area contributed by atoms with E-state index in [1.54, 1.807) is 11.3 Å². The molecule has 0 aliphatic heterocycles. The fourth-order valence-corrected chi connectivity index (χ4v) is 2.91. The van der Waals surface area contributed by atoms with Crippen molar-refractivity contribution in [2.75, 3.05) is 5.32 Å². The normalized spacial score (nSPS) is 26.6. The molecule has 1 aromatic rings. The molecule has 0 aromatic carbocycles. The molecule has 84 valence electrons. The fourth-order valence-electron chi connectivity index (χ4n) is 2.03. The molecule has 3 nitrogen and oxygen atoms in total. The monoisotopic (exact) mass is 225 g/mol. The standard InChI is InChI=1S/C11H19N3S/c1-7-8(2)15-11(13-7)14-10-6-4-3-5-9(10)12/h9-10H,3-6,12H2,1-2H3,(H,13,14). The molecule has 1 aliphatic carbocycles. The van der Waals surface area contributed by atoms with Crippen molar-refractivity contribution in [1.29, 1.82) is 0 Å². The average Bonchev–Trinajstić information content (AvgIpc) is 2.50. The van der Waals surface area contributed by atoms with Gasteiger partial charge in [-0.05, 0) is 26.7 Å². The van der Waals surface area contributed by atoms with E-state index < -0.39 is 0 Å². The largest absolute Gasteiger partial charge is 0.357 e. The number of nitrogens with two attached hydrogens (primary N) is 1. The first kappa shape index (κ1) is 10.9. The smallest absolute Gasteiger partial charge is 0.183 e. The van der Waals surface area contributed by atoms with Crippen LogP contribution in [0.15, 0.2) is 0 Å². The van der Waals surface area contributed by atoms with Crippen LogP contribution in [0.3, 0.4) is 0 Å². The zero-order chi connectivity index (χ0) is 10.8. The lowest BCUT2D eigenvalue weighted by atomic mass is 9.91. The van der Waals surface area contributed by atoms with Crippen molar-refractivity contribution in [2.45, 2.75) is 51.6 Å². The number of nitrogens with zero attached hydrogens (tertiary/aromatic N) is 1. The molecule has 0 saturated heterocycles. The SMILES string of the molecule is Cc1nc(NC2CCCCC2N)sc1C. The summed E-state index contributed by atoms with van der Waals surface area (Å²) in [5.74, 6) is 0. The number of aryl methyl sites for hydroxylation is 2. The minimum absolute atomic E-state index is 0.295. The van der Waals surface area contributed by atoms with Gasteiger partial charge in [0.25, 0.3) is 0 Å². The third kappa shape index (κ3) is 2.49. The van der Waals surface area contributed by atoms with Gasteiger partial charge in [-0.1, -0.05) is 12.8 Å². The van der Waals surface area contributed by atoms with Crippen LogP contribution in [0.5, 0.6) is 0 Å². The predicted molar refractivity (Wildman–Crippen MR) is 65.4 cm³/mol. The lowest BCUT2D eigenvalue weighted by Gasteiger charge is -2.29. The first-order valence-corrected chi connectivity index (χ1v) is 6.44. The molecule has 2 atom stereocenters. The summed E-state index contributed by atoms with van der Waals surface area (Å²) in [7, 11) is 0. The summed E-state index contributed by atoms with van der Waals surface area (Å²) in [5, 5.41) is 4.51. The minimum Gasteiger partial charge on any atom is -0.357 e. The van der Waals surface area contributed by atoms with Crippen LogP contribution in [0.25, 0.3) is 0 Å². The van der Waals surface area contributed by atoms with Crippen LogP contribution in [0, 0.1) is 13.8 Å². The lowest BCUT2D eigenvalue weighted by molar-refractivity contribution is 0.404. The Labute approximate surface area is 95.1 Å². The van der Waals surface area contributed by atoms with E-state index in [1.165, 1.54) is 24.1 Å². The summed E-state index contributed by atoms with van der Waals surface area (Å²) in [5.41, 5.74) is 7.22. The summed E-state index contributed by atoms with van der Waals surface area (Å²) in [4.78, 5) is 5.78. The molecule has 2 unspecified atom stereocenters. The van der Waals surface area contributed by atoms with Gasteiger partial charge in [-0.2, -0.15) is 0 Å². The molecule has 1 fully saturated rings. The molecule has 1 aliphatic rings. The summed E-state index contributed by atoms with van der Waals surface area (Å²) in [6.45, 7) is 4.16. The molecule has 1 aromatic heterocycles. The molecular weight excluding hydrogens is 206 g/mol. The Morgan fingerprint density at radius 1 is 1.33 bits per heavy atom. The molecule has 0 radical (unpaired) electrons. The third-order valence-corrected chi connectivity index (χ3v) is 4.16. The quantitative estimate of drug-likeness (QED) is 0.813. The van der Waals surface area contributed by atoms with Gasteiger partial charge in [-0.3, -0.25) is 0 Å². The highest BCUT2D eigenvalue weighted by molar-refractivity contribution is 7.15. The van der Waals surface area contributed by atoms with E-state index in [-0.39, 0.29) is 0 Å². The van der Waals surface area contributed by atoms with E-state index in [2.05, 4.69) is 24.1 Å². The van der Waals surface area contributed by atoms with Crippen molar-refractivity contribution in [2.24, 2.45) is 5.73 Å². The first-order chi connectivity index (χ1) is 7.16. The molecule has 15 heavy (non-hydrogen) atoms. The van der Waals surface area contributed by atoms with Gasteiger partial charge in [0.05, 0.1) is 5.69 Å². The van der Waals surface area contributed by atoms with Crippen LogP contribution in [0.4, 0.5) is 5.13 Å². The number of rotatable bonds is 2. The minimum atomic E-state index is 0.295. The highest BCUT2D eigenvalue weighted by Gasteiger charge is 2.22. The highest BCUT2D eigenvalue weighted by atomic mass is 32.1. The highest BCUT2D eigenvalue weighted by Crippen LogP contribution is 2.25. The van der Waals surface area contributed by atoms with Gasteiger partial charge >= 0.3 is 0 Å². The second-order valence-electron chi connectivity index (χ2n) is 4.36. The Kier molecular flexibility index (Phi) is 3.26. The number of hydrogen-bond acceptors (Lipinski definition) is 4. The number of aromatic nitrogens is 1. The van der Waals surface area contributed by atoms with E-state index in [1.807, 2.05) is 0 Å². The van der Waals surface area contributed by atoms with Crippen molar-refractivity contribution < 1.29 is 0 Å². The van der Waals surface area contributed by atoms with Crippen LogP contribution < -0.4 is 11.1 Å². The summed E-state index contributed by atoms with van der Waals surface area (Å²) in [6, 6.07) is 0.715. The zero-order valence-electron chi connectivity index (χ0n) is 9.42. The molecular formula is C11H19N3S. The topological polar surface area (TPSA) is 50.9 Å². The second-order valence-corrected chi connectivity index (χ2v) is 5.56. The van der Waals surface area contributed by atoms with Crippen molar-refractivity contribution in [3.05, 3.63) is 10.6 Å². The van der Waals surface area contributed by atoms with Crippen molar-refractivity contribution in [1.82, 2.24) is 4.98 Å². The third-order valence-electron chi connectivity index (χ3n) is 3.16. The van der Waals surface area contributed by atoms with Crippen LogP contribution in [0.1, 0.15) is 36.3 Å². The maximum atomic E-state index is 6.09. The molecule has 4 heteroatoms. The Hall–Kier alpha value is -0.610. The van der Waals surface area contributed by atoms with E-state index in [4.69, 9.17) is 5.73 Å². The van der Waals surface area contributed by atoms with Gasteiger partial charge in [-0.15, -0.1) is 11.3 Å². The number of thiazole rings is 1. The molecule has 0 bridgehead atoms. The Morgan fingerprint density at radius 2 is 2.07 bits per heavy atom. The average molecular weight is 225 g/mol.